The summed E-state index contributed by atoms with van der Waals surface area (Å²) in [7, 11) is 1.39. The van der Waals surface area contributed by atoms with E-state index in [-0.39, 0.29) is 46.8 Å². The Kier molecular flexibility index (Phi) is 7.59. The van der Waals surface area contributed by atoms with Crippen LogP contribution in [0.3, 0.4) is 0 Å². The van der Waals surface area contributed by atoms with Gasteiger partial charge in [0.1, 0.15) is 5.52 Å². The molecule has 3 rings (SSSR count). The van der Waals surface area contributed by atoms with Gasteiger partial charge in [-0.15, -0.1) is 0 Å². The first-order valence-electron chi connectivity index (χ1n) is 10.9. The van der Waals surface area contributed by atoms with E-state index in [1.165, 1.54) is 45.3 Å². The molecule has 3 aromatic rings. The maximum absolute atomic E-state index is 13.9. The number of amides is 1. The zero-order chi connectivity index (χ0) is 26.7. The highest BCUT2D eigenvalue weighted by Crippen LogP contribution is 2.38. The molecule has 1 atom stereocenters. The number of esters is 1. The molecule has 0 fully saturated rings. The van der Waals surface area contributed by atoms with Crippen LogP contribution < -0.4 is 10.9 Å². The van der Waals surface area contributed by atoms with Crippen molar-refractivity contribution in [3.05, 3.63) is 69.3 Å². The van der Waals surface area contributed by atoms with E-state index in [2.05, 4.69) is 16.2 Å². The number of ether oxygens (including phenoxy) is 1. The first-order valence-corrected chi connectivity index (χ1v) is 10.9. The summed E-state index contributed by atoms with van der Waals surface area (Å²) in [5.41, 5.74) is -4.42. The van der Waals surface area contributed by atoms with Crippen molar-refractivity contribution in [1.29, 1.82) is 0 Å². The molecule has 190 valence electrons. The first-order chi connectivity index (χ1) is 16.9. The molecule has 0 radical (unpaired) electrons. The summed E-state index contributed by atoms with van der Waals surface area (Å²) in [4.78, 5) is 39.3. The molecule has 0 bridgehead atoms. The Hall–Kier alpha value is -4.04. The highest BCUT2D eigenvalue weighted by atomic mass is 19.4. The van der Waals surface area contributed by atoms with Gasteiger partial charge in [0, 0.05) is 43.4 Å². The van der Waals surface area contributed by atoms with E-state index in [4.69, 9.17) is 4.74 Å². The number of aliphatic hydroxyl groups is 1. The highest BCUT2D eigenvalue weighted by Gasteiger charge is 2.54. The molecule has 0 saturated carbocycles. The van der Waals surface area contributed by atoms with Crippen LogP contribution in [0.1, 0.15) is 40.5 Å². The number of pyridine rings is 1. The number of aromatic amines is 1. The van der Waals surface area contributed by atoms with Crippen molar-refractivity contribution in [1.82, 2.24) is 14.9 Å². The lowest BCUT2D eigenvalue weighted by atomic mass is 9.93. The molecule has 36 heavy (non-hydrogen) atoms. The molecule has 2 heterocycles. The van der Waals surface area contributed by atoms with Gasteiger partial charge in [0.25, 0.3) is 5.56 Å². The van der Waals surface area contributed by atoms with Crippen molar-refractivity contribution < 1.29 is 32.6 Å². The van der Waals surface area contributed by atoms with Crippen molar-refractivity contribution >= 4 is 22.8 Å². The van der Waals surface area contributed by atoms with E-state index < -0.39 is 28.9 Å². The number of alkyl halides is 3. The second-order valence-electron chi connectivity index (χ2n) is 8.13. The van der Waals surface area contributed by atoms with Gasteiger partial charge in [0.2, 0.25) is 11.5 Å². The van der Waals surface area contributed by atoms with Crippen LogP contribution >= 0.6 is 0 Å². The molecule has 8 nitrogen and oxygen atoms in total. The second-order valence-corrected chi connectivity index (χ2v) is 8.13. The Bertz CT molecular complexity index is 1410. The molecule has 1 amide bonds. The number of fused-ring (bicyclic) bond motifs is 1. The van der Waals surface area contributed by atoms with Crippen molar-refractivity contribution in [2.24, 2.45) is 7.05 Å². The third-order valence-corrected chi connectivity index (χ3v) is 5.43. The summed E-state index contributed by atoms with van der Waals surface area (Å²) >= 11 is 0. The number of aryl methyl sites for hydroxylation is 2. The van der Waals surface area contributed by atoms with Gasteiger partial charge in [-0.2, -0.15) is 13.2 Å². The summed E-state index contributed by atoms with van der Waals surface area (Å²) in [6.45, 7) is 3.10. The number of hydrogen-bond donors (Lipinski definition) is 3. The van der Waals surface area contributed by atoms with Crippen LogP contribution in [-0.2, 0) is 22.2 Å². The van der Waals surface area contributed by atoms with Crippen LogP contribution in [0.4, 0.5) is 13.2 Å². The van der Waals surface area contributed by atoms with Crippen molar-refractivity contribution in [2.45, 2.75) is 32.0 Å². The normalized spacial score (nSPS) is 13.0. The van der Waals surface area contributed by atoms with E-state index in [1.54, 1.807) is 0 Å². The van der Waals surface area contributed by atoms with Gasteiger partial charge in [-0.3, -0.25) is 9.59 Å². The fourth-order valence-electron chi connectivity index (χ4n) is 3.62. The maximum Gasteiger partial charge on any atom is 0.433 e. The molecule has 0 aliphatic rings. The Morgan fingerprint density at radius 2 is 1.89 bits per heavy atom. The Morgan fingerprint density at radius 1 is 1.22 bits per heavy atom. The van der Waals surface area contributed by atoms with Gasteiger partial charge >= 0.3 is 12.1 Å². The van der Waals surface area contributed by atoms with Crippen LogP contribution in [-0.4, -0.2) is 45.9 Å². The summed E-state index contributed by atoms with van der Waals surface area (Å²) in [6, 6.07) is 6.38. The average Bonchev–Trinajstić information content (AvgIpc) is 3.17. The number of carbonyl (C=O) groups is 2. The molecule has 0 saturated heterocycles. The van der Waals surface area contributed by atoms with E-state index in [9.17, 15) is 32.7 Å². The standard InChI is InChI=1S/C25H24F3N3O5/c1-15-19(23(34)36-13-7-12-29-16(2)32)20-17(14-31(3)22(33)21(20)30-15)10-11-24(35,25(26,27)28)18-8-5-4-6-9-18/h4-6,8-9,14,30,35H,7,12-13H2,1-3H3,(H,29,32). The third kappa shape index (κ3) is 5.28. The summed E-state index contributed by atoms with van der Waals surface area (Å²) in [6.07, 6.45) is -3.61. The van der Waals surface area contributed by atoms with Crippen LogP contribution in [0, 0.1) is 18.8 Å². The van der Waals surface area contributed by atoms with E-state index in [0.717, 1.165) is 16.7 Å². The van der Waals surface area contributed by atoms with Crippen LogP contribution in [0.25, 0.3) is 10.9 Å². The predicted octanol–water partition coefficient (Wildman–Crippen LogP) is 2.66. The zero-order valence-electron chi connectivity index (χ0n) is 19.7. The van der Waals surface area contributed by atoms with Crippen LogP contribution in [0.2, 0.25) is 0 Å². The SMILES string of the molecule is CC(=O)NCCCOC(=O)c1c(C)[nH]c2c(=O)n(C)cc(C#CC(O)(c3ccccc3)C(F)(F)F)c12. The van der Waals surface area contributed by atoms with E-state index >= 15 is 0 Å². The fourth-order valence-corrected chi connectivity index (χ4v) is 3.62. The molecule has 0 spiro atoms. The lowest BCUT2D eigenvalue weighted by Crippen LogP contribution is -2.41. The highest BCUT2D eigenvalue weighted by molar-refractivity contribution is 6.07. The number of rotatable bonds is 6. The number of nitrogens with zero attached hydrogens (tertiary/aromatic N) is 1. The largest absolute Gasteiger partial charge is 0.462 e. The van der Waals surface area contributed by atoms with Crippen molar-refractivity contribution in [3.8, 4) is 11.8 Å². The number of nitrogens with one attached hydrogen (secondary N) is 2. The number of benzene rings is 1. The minimum atomic E-state index is -5.13. The van der Waals surface area contributed by atoms with Gasteiger partial charge in [-0.25, -0.2) is 4.79 Å². The van der Waals surface area contributed by atoms with Gasteiger partial charge in [-0.05, 0) is 19.3 Å². The maximum atomic E-state index is 13.9. The summed E-state index contributed by atoms with van der Waals surface area (Å²) < 4.78 is 48.1. The monoisotopic (exact) mass is 503 g/mol. The Balaban J connectivity index is 2.10. The average molecular weight is 503 g/mol. The predicted molar refractivity (Wildman–Crippen MR) is 125 cm³/mol. The lowest BCUT2D eigenvalue weighted by Gasteiger charge is -2.25. The summed E-state index contributed by atoms with van der Waals surface area (Å²) in [5, 5.41) is 13.1. The molecular formula is C25H24F3N3O5. The number of H-pyrrole nitrogens is 1. The summed E-state index contributed by atoms with van der Waals surface area (Å²) in [5.74, 6) is 3.21. The first kappa shape index (κ1) is 26.6. The van der Waals surface area contributed by atoms with Crippen LogP contribution in [0.15, 0.2) is 41.3 Å². The minimum Gasteiger partial charge on any atom is -0.462 e. The van der Waals surface area contributed by atoms with Crippen molar-refractivity contribution in [2.75, 3.05) is 13.2 Å². The number of halogens is 3. The fraction of sp³-hybridized carbons (Fsp3) is 0.320. The Labute approximate surface area is 204 Å². The van der Waals surface area contributed by atoms with Gasteiger partial charge < -0.3 is 24.7 Å². The smallest absolute Gasteiger partial charge is 0.433 e. The minimum absolute atomic E-state index is 0.00690. The number of hydrogen-bond acceptors (Lipinski definition) is 5. The molecule has 2 aromatic heterocycles. The topological polar surface area (TPSA) is 113 Å². The second kappa shape index (κ2) is 10.3. The molecule has 1 unspecified atom stereocenters. The molecule has 0 aliphatic heterocycles. The van der Waals surface area contributed by atoms with Gasteiger partial charge in [0.15, 0.2) is 0 Å². The number of aromatic nitrogens is 2. The molecule has 1 aromatic carbocycles. The zero-order valence-corrected chi connectivity index (χ0v) is 19.7. The van der Waals surface area contributed by atoms with Crippen molar-refractivity contribution in [3.63, 3.8) is 0 Å². The van der Waals surface area contributed by atoms with Crippen LogP contribution in [0.5, 0.6) is 0 Å². The number of carbonyl (C=O) groups excluding carboxylic acids is 2. The third-order valence-electron chi connectivity index (χ3n) is 5.43. The molecule has 11 heteroatoms. The molecular weight excluding hydrogens is 479 g/mol. The van der Waals surface area contributed by atoms with Gasteiger partial charge in [0.05, 0.1) is 17.7 Å². The van der Waals surface area contributed by atoms with E-state index in [1.807, 2.05) is 5.92 Å². The lowest BCUT2D eigenvalue weighted by molar-refractivity contribution is -0.240. The Morgan fingerprint density at radius 3 is 2.50 bits per heavy atom. The quantitative estimate of drug-likeness (QED) is 0.272. The van der Waals surface area contributed by atoms with E-state index in [0.29, 0.717) is 6.42 Å². The molecule has 0 aliphatic carbocycles. The van der Waals surface area contributed by atoms with Gasteiger partial charge in [-0.1, -0.05) is 36.3 Å². The molecule has 3 N–H and O–H groups in total.